The van der Waals surface area contributed by atoms with E-state index in [1.54, 1.807) is 0 Å². The number of nitriles is 1. The maximum absolute atomic E-state index is 9.97. The Bertz CT molecular complexity index is 219. The highest BCUT2D eigenvalue weighted by atomic mass is 16.3. The lowest BCUT2D eigenvalue weighted by molar-refractivity contribution is 0.0268. The van der Waals surface area contributed by atoms with E-state index in [1.807, 2.05) is 13.8 Å². The van der Waals surface area contributed by atoms with Gasteiger partial charge in [-0.2, -0.15) is 5.26 Å². The van der Waals surface area contributed by atoms with Crippen molar-refractivity contribution in [2.45, 2.75) is 46.1 Å². The Morgan fingerprint density at radius 2 is 2.15 bits per heavy atom. The number of nitrogens with zero attached hydrogens (tertiary/aromatic N) is 1. The van der Waals surface area contributed by atoms with Gasteiger partial charge in [-0.25, -0.2) is 0 Å². The van der Waals surface area contributed by atoms with Crippen molar-refractivity contribution in [3.05, 3.63) is 0 Å². The number of rotatable bonds is 2. The van der Waals surface area contributed by atoms with Crippen molar-refractivity contribution in [1.82, 2.24) is 0 Å². The zero-order chi connectivity index (χ0) is 10.1. The summed E-state index contributed by atoms with van der Waals surface area (Å²) in [7, 11) is 0. The molecule has 74 valence electrons. The lowest BCUT2D eigenvalue weighted by Gasteiger charge is -2.30. The normalized spacial score (nSPS) is 36.2. The predicted molar refractivity (Wildman–Crippen MR) is 51.9 cm³/mol. The number of hydrogen-bond acceptors (Lipinski definition) is 2. The first-order valence-electron chi connectivity index (χ1n) is 5.11. The molecule has 1 saturated carbocycles. The molecule has 0 aliphatic heterocycles. The SMILES string of the molecule is CC1CCC(C#N)(C(O)C(C)C)C1. The van der Waals surface area contributed by atoms with E-state index in [0.29, 0.717) is 5.92 Å². The predicted octanol–water partition coefficient (Wildman–Crippen LogP) is 2.33. The summed E-state index contributed by atoms with van der Waals surface area (Å²) in [5.41, 5.74) is -0.451. The second-order valence-electron chi connectivity index (χ2n) is 4.80. The summed E-state index contributed by atoms with van der Waals surface area (Å²) in [5.74, 6) is 0.776. The van der Waals surface area contributed by atoms with Gasteiger partial charge in [0.2, 0.25) is 0 Å². The first-order valence-corrected chi connectivity index (χ1v) is 5.11. The Morgan fingerprint density at radius 3 is 2.46 bits per heavy atom. The summed E-state index contributed by atoms with van der Waals surface area (Å²) in [5, 5.41) is 19.1. The van der Waals surface area contributed by atoms with Crippen molar-refractivity contribution in [1.29, 1.82) is 5.26 Å². The Balaban J connectivity index is 2.78. The molecule has 3 atom stereocenters. The van der Waals surface area contributed by atoms with Crippen LogP contribution in [0.15, 0.2) is 0 Å². The van der Waals surface area contributed by atoms with E-state index in [-0.39, 0.29) is 5.92 Å². The number of aliphatic hydroxyl groups excluding tert-OH is 1. The zero-order valence-electron chi connectivity index (χ0n) is 8.75. The minimum atomic E-state index is -0.456. The minimum Gasteiger partial charge on any atom is -0.391 e. The zero-order valence-corrected chi connectivity index (χ0v) is 8.75. The molecule has 3 unspecified atom stereocenters. The van der Waals surface area contributed by atoms with Crippen LogP contribution >= 0.6 is 0 Å². The van der Waals surface area contributed by atoms with Gasteiger partial charge in [-0.3, -0.25) is 0 Å². The Kier molecular flexibility index (Phi) is 2.98. The fourth-order valence-corrected chi connectivity index (χ4v) is 2.40. The standard InChI is InChI=1S/C11H19NO/c1-8(2)10(13)11(7-12)5-4-9(3)6-11/h8-10,13H,4-6H2,1-3H3. The number of aliphatic hydroxyl groups is 1. The van der Waals surface area contributed by atoms with E-state index in [0.717, 1.165) is 19.3 Å². The molecule has 13 heavy (non-hydrogen) atoms. The molecular formula is C11H19NO. The number of hydrogen-bond donors (Lipinski definition) is 1. The molecule has 1 aliphatic carbocycles. The van der Waals surface area contributed by atoms with Crippen molar-refractivity contribution in [3.8, 4) is 6.07 Å². The van der Waals surface area contributed by atoms with Gasteiger partial charge in [0, 0.05) is 0 Å². The highest BCUT2D eigenvalue weighted by Gasteiger charge is 2.44. The van der Waals surface area contributed by atoms with Crippen molar-refractivity contribution in [3.63, 3.8) is 0 Å². The van der Waals surface area contributed by atoms with Crippen LogP contribution < -0.4 is 0 Å². The van der Waals surface area contributed by atoms with Crippen LogP contribution in [0.5, 0.6) is 0 Å². The first kappa shape index (κ1) is 10.5. The third-order valence-corrected chi connectivity index (χ3v) is 3.22. The third-order valence-electron chi connectivity index (χ3n) is 3.22. The van der Waals surface area contributed by atoms with Crippen LogP contribution in [0, 0.1) is 28.6 Å². The molecule has 1 fully saturated rings. The van der Waals surface area contributed by atoms with Crippen molar-refractivity contribution >= 4 is 0 Å². The fraction of sp³-hybridized carbons (Fsp3) is 0.909. The Morgan fingerprint density at radius 1 is 1.54 bits per heavy atom. The van der Waals surface area contributed by atoms with Gasteiger partial charge in [0.15, 0.2) is 0 Å². The van der Waals surface area contributed by atoms with E-state index < -0.39 is 11.5 Å². The second-order valence-corrected chi connectivity index (χ2v) is 4.80. The van der Waals surface area contributed by atoms with Gasteiger partial charge in [-0.1, -0.05) is 20.8 Å². The molecule has 0 aromatic rings. The molecular weight excluding hydrogens is 162 g/mol. The first-order chi connectivity index (χ1) is 6.02. The average Bonchev–Trinajstić information content (AvgIpc) is 2.47. The van der Waals surface area contributed by atoms with Crippen LogP contribution in [0.1, 0.15) is 40.0 Å². The Labute approximate surface area is 80.6 Å². The molecule has 1 rings (SSSR count). The molecule has 0 amide bonds. The van der Waals surface area contributed by atoms with Gasteiger partial charge in [0.25, 0.3) is 0 Å². The van der Waals surface area contributed by atoms with Crippen molar-refractivity contribution in [2.75, 3.05) is 0 Å². The van der Waals surface area contributed by atoms with E-state index in [4.69, 9.17) is 5.26 Å². The van der Waals surface area contributed by atoms with Crippen LogP contribution in [-0.4, -0.2) is 11.2 Å². The van der Waals surface area contributed by atoms with E-state index in [9.17, 15) is 5.11 Å². The van der Waals surface area contributed by atoms with Crippen LogP contribution in [0.25, 0.3) is 0 Å². The molecule has 0 saturated heterocycles. The average molecular weight is 181 g/mol. The topological polar surface area (TPSA) is 44.0 Å². The van der Waals surface area contributed by atoms with E-state index in [2.05, 4.69) is 13.0 Å². The lowest BCUT2D eigenvalue weighted by atomic mass is 9.76. The largest absolute Gasteiger partial charge is 0.391 e. The van der Waals surface area contributed by atoms with Crippen LogP contribution in [0.4, 0.5) is 0 Å². The van der Waals surface area contributed by atoms with E-state index in [1.165, 1.54) is 0 Å². The van der Waals surface area contributed by atoms with Crippen LogP contribution in [0.2, 0.25) is 0 Å². The lowest BCUT2D eigenvalue weighted by Crippen LogP contribution is -2.35. The minimum absolute atomic E-state index is 0.185. The molecule has 1 aliphatic rings. The quantitative estimate of drug-likeness (QED) is 0.710. The summed E-state index contributed by atoms with van der Waals surface area (Å²) >= 11 is 0. The maximum atomic E-state index is 9.97. The monoisotopic (exact) mass is 181 g/mol. The van der Waals surface area contributed by atoms with Crippen LogP contribution in [0.3, 0.4) is 0 Å². The molecule has 0 aromatic carbocycles. The molecule has 0 spiro atoms. The summed E-state index contributed by atoms with van der Waals surface area (Å²) in [6, 6.07) is 2.34. The van der Waals surface area contributed by atoms with Gasteiger partial charge in [0.1, 0.15) is 0 Å². The summed E-state index contributed by atoms with van der Waals surface area (Å²) in [6.45, 7) is 6.12. The molecule has 0 radical (unpaired) electrons. The molecule has 0 aromatic heterocycles. The Hall–Kier alpha value is -0.550. The van der Waals surface area contributed by atoms with Crippen LogP contribution in [-0.2, 0) is 0 Å². The third kappa shape index (κ3) is 1.86. The van der Waals surface area contributed by atoms with Gasteiger partial charge in [-0.15, -0.1) is 0 Å². The second kappa shape index (κ2) is 3.67. The van der Waals surface area contributed by atoms with Gasteiger partial charge < -0.3 is 5.11 Å². The molecule has 0 bridgehead atoms. The smallest absolute Gasteiger partial charge is 0.0837 e. The van der Waals surface area contributed by atoms with Crippen molar-refractivity contribution in [2.24, 2.45) is 17.3 Å². The van der Waals surface area contributed by atoms with Crippen molar-refractivity contribution < 1.29 is 5.11 Å². The van der Waals surface area contributed by atoms with Gasteiger partial charge in [0.05, 0.1) is 17.6 Å². The summed E-state index contributed by atoms with van der Waals surface area (Å²) < 4.78 is 0. The summed E-state index contributed by atoms with van der Waals surface area (Å²) in [4.78, 5) is 0. The molecule has 2 nitrogen and oxygen atoms in total. The van der Waals surface area contributed by atoms with E-state index >= 15 is 0 Å². The van der Waals surface area contributed by atoms with Gasteiger partial charge >= 0.3 is 0 Å². The molecule has 0 heterocycles. The summed E-state index contributed by atoms with van der Waals surface area (Å²) in [6.07, 6.45) is 2.35. The molecule has 2 heteroatoms. The highest BCUT2D eigenvalue weighted by Crippen LogP contribution is 2.45. The fourth-order valence-electron chi connectivity index (χ4n) is 2.40. The van der Waals surface area contributed by atoms with Gasteiger partial charge in [-0.05, 0) is 31.1 Å². The molecule has 1 N–H and O–H groups in total. The highest BCUT2D eigenvalue weighted by molar-refractivity contribution is 5.08. The maximum Gasteiger partial charge on any atom is 0.0837 e.